The number of allylic oxidation sites excluding steroid dienone is 1. The quantitative estimate of drug-likeness (QED) is 0.559. The Kier molecular flexibility index (Phi) is 6.19. The van der Waals surface area contributed by atoms with E-state index in [0.29, 0.717) is 16.7 Å². The van der Waals surface area contributed by atoms with Crippen molar-refractivity contribution in [2.24, 2.45) is 0 Å². The molecule has 0 spiro atoms. The number of anilines is 1. The van der Waals surface area contributed by atoms with Crippen LogP contribution in [0.25, 0.3) is 0 Å². The minimum Gasteiger partial charge on any atom is -0.382 e. The highest BCUT2D eigenvalue weighted by atomic mass is 79.9. The lowest BCUT2D eigenvalue weighted by atomic mass is 10.2. The number of rotatable bonds is 7. The maximum absolute atomic E-state index is 13.4. The highest BCUT2D eigenvalue weighted by Gasteiger charge is 2.08. The number of hydrogen-bond acceptors (Lipinski definition) is 1. The summed E-state index contributed by atoms with van der Waals surface area (Å²) in [7, 11) is 0. The van der Waals surface area contributed by atoms with Crippen LogP contribution in [0.2, 0.25) is 0 Å². The minimum atomic E-state index is -0.578. The largest absolute Gasteiger partial charge is 0.382 e. The smallest absolute Gasteiger partial charge is 0.150 e. The number of hydrogen-bond donors (Lipinski definition) is 1. The van der Waals surface area contributed by atoms with Gasteiger partial charge in [0.15, 0.2) is 0 Å². The first-order valence-electron chi connectivity index (χ1n) is 5.64. The lowest BCUT2D eigenvalue weighted by Gasteiger charge is -2.09. The van der Waals surface area contributed by atoms with Crippen LogP contribution in [0.5, 0.6) is 0 Å². The summed E-state index contributed by atoms with van der Waals surface area (Å²) in [6.07, 6.45) is 6.02. The highest BCUT2D eigenvalue weighted by Crippen LogP contribution is 2.26. The standard InChI is InChI=1S/C13H16BrF2N/c1-2-3-4-5-6-7-17-13-11(14)8-10(15)9-12(13)16/h2,8-9,17H,1,3-7H2. The van der Waals surface area contributed by atoms with E-state index in [-0.39, 0.29) is 0 Å². The summed E-state index contributed by atoms with van der Waals surface area (Å²) in [6.45, 7) is 4.33. The van der Waals surface area contributed by atoms with E-state index >= 15 is 0 Å². The molecular formula is C13H16BrF2N. The van der Waals surface area contributed by atoms with Gasteiger partial charge in [-0.15, -0.1) is 6.58 Å². The third kappa shape index (κ3) is 4.86. The zero-order valence-electron chi connectivity index (χ0n) is 9.61. The molecule has 0 atom stereocenters. The second kappa shape index (κ2) is 7.43. The molecule has 4 heteroatoms. The summed E-state index contributed by atoms with van der Waals surface area (Å²) < 4.78 is 26.6. The maximum Gasteiger partial charge on any atom is 0.150 e. The van der Waals surface area contributed by atoms with Crippen LogP contribution in [0.15, 0.2) is 29.3 Å². The van der Waals surface area contributed by atoms with Gasteiger partial charge in [-0.3, -0.25) is 0 Å². The van der Waals surface area contributed by atoms with Crippen LogP contribution in [-0.2, 0) is 0 Å². The Hall–Kier alpha value is -0.900. The van der Waals surface area contributed by atoms with Crippen molar-refractivity contribution in [2.45, 2.75) is 25.7 Å². The van der Waals surface area contributed by atoms with Crippen molar-refractivity contribution in [1.29, 1.82) is 0 Å². The van der Waals surface area contributed by atoms with E-state index in [2.05, 4.69) is 27.8 Å². The van der Waals surface area contributed by atoms with Crippen LogP contribution >= 0.6 is 15.9 Å². The molecule has 1 nitrogen and oxygen atoms in total. The fraction of sp³-hybridized carbons (Fsp3) is 0.385. The third-order valence-corrected chi connectivity index (χ3v) is 3.02. The van der Waals surface area contributed by atoms with Crippen LogP contribution in [0.4, 0.5) is 14.5 Å². The minimum absolute atomic E-state index is 0.329. The molecule has 0 saturated heterocycles. The molecule has 0 heterocycles. The summed E-state index contributed by atoms with van der Waals surface area (Å²) in [5, 5.41) is 2.97. The Morgan fingerprint density at radius 3 is 2.65 bits per heavy atom. The maximum atomic E-state index is 13.4. The molecule has 17 heavy (non-hydrogen) atoms. The van der Waals surface area contributed by atoms with Crippen LogP contribution in [0.1, 0.15) is 25.7 Å². The van der Waals surface area contributed by atoms with Gasteiger partial charge in [0.1, 0.15) is 11.6 Å². The van der Waals surface area contributed by atoms with E-state index < -0.39 is 11.6 Å². The molecule has 0 aliphatic rings. The van der Waals surface area contributed by atoms with Gasteiger partial charge < -0.3 is 5.32 Å². The number of nitrogens with one attached hydrogen (secondary N) is 1. The lowest BCUT2D eigenvalue weighted by molar-refractivity contribution is 0.583. The summed E-state index contributed by atoms with van der Waals surface area (Å²) in [6, 6.07) is 2.13. The molecular weight excluding hydrogens is 288 g/mol. The second-order valence-corrected chi connectivity index (χ2v) is 4.66. The lowest BCUT2D eigenvalue weighted by Crippen LogP contribution is -2.04. The summed E-state index contributed by atoms with van der Waals surface area (Å²) in [5.41, 5.74) is 0.329. The van der Waals surface area contributed by atoms with Gasteiger partial charge in [0, 0.05) is 17.1 Å². The molecule has 0 fully saturated rings. The molecule has 1 aromatic carbocycles. The first-order valence-corrected chi connectivity index (χ1v) is 6.43. The predicted molar refractivity (Wildman–Crippen MR) is 71.2 cm³/mol. The second-order valence-electron chi connectivity index (χ2n) is 3.81. The molecule has 1 rings (SSSR count). The van der Waals surface area contributed by atoms with Crippen LogP contribution in [0, 0.1) is 11.6 Å². The van der Waals surface area contributed by atoms with Crippen LogP contribution < -0.4 is 5.32 Å². The van der Waals surface area contributed by atoms with Gasteiger partial charge in [-0.05, 0) is 41.3 Å². The molecule has 1 aromatic rings. The van der Waals surface area contributed by atoms with Crippen molar-refractivity contribution >= 4 is 21.6 Å². The Balaban J connectivity index is 2.39. The third-order valence-electron chi connectivity index (χ3n) is 2.39. The fourth-order valence-corrected chi connectivity index (χ4v) is 2.06. The Morgan fingerprint density at radius 1 is 1.24 bits per heavy atom. The molecule has 0 aromatic heterocycles. The van der Waals surface area contributed by atoms with E-state index in [1.807, 2.05) is 6.08 Å². The summed E-state index contributed by atoms with van der Waals surface area (Å²) in [5.74, 6) is -1.14. The number of unbranched alkanes of at least 4 members (excludes halogenated alkanes) is 3. The molecule has 0 saturated carbocycles. The molecule has 94 valence electrons. The van der Waals surface area contributed by atoms with Crippen molar-refractivity contribution in [1.82, 2.24) is 0 Å². The van der Waals surface area contributed by atoms with E-state index in [1.54, 1.807) is 0 Å². The number of halogens is 3. The average Bonchev–Trinajstić information content (AvgIpc) is 2.26. The van der Waals surface area contributed by atoms with Crippen molar-refractivity contribution in [3.8, 4) is 0 Å². The molecule has 0 radical (unpaired) electrons. The van der Waals surface area contributed by atoms with Crippen molar-refractivity contribution in [2.75, 3.05) is 11.9 Å². The molecule has 0 amide bonds. The summed E-state index contributed by atoms with van der Waals surface area (Å²) in [4.78, 5) is 0. The molecule has 0 unspecified atom stereocenters. The van der Waals surface area contributed by atoms with Gasteiger partial charge in [-0.2, -0.15) is 0 Å². The van der Waals surface area contributed by atoms with Crippen molar-refractivity contribution < 1.29 is 8.78 Å². The molecule has 0 bridgehead atoms. The molecule has 1 N–H and O–H groups in total. The zero-order valence-corrected chi connectivity index (χ0v) is 11.2. The average molecular weight is 304 g/mol. The normalized spacial score (nSPS) is 10.3. The van der Waals surface area contributed by atoms with E-state index in [1.165, 1.54) is 6.07 Å². The molecule has 0 aliphatic carbocycles. The van der Waals surface area contributed by atoms with E-state index in [9.17, 15) is 8.78 Å². The van der Waals surface area contributed by atoms with Gasteiger partial charge >= 0.3 is 0 Å². The van der Waals surface area contributed by atoms with Gasteiger partial charge in [0.05, 0.1) is 5.69 Å². The first-order chi connectivity index (χ1) is 8.15. The Labute approximate surface area is 109 Å². The van der Waals surface area contributed by atoms with E-state index in [4.69, 9.17) is 0 Å². The summed E-state index contributed by atoms with van der Waals surface area (Å²) >= 11 is 3.14. The van der Waals surface area contributed by atoms with E-state index in [0.717, 1.165) is 31.7 Å². The van der Waals surface area contributed by atoms with Crippen LogP contribution in [0.3, 0.4) is 0 Å². The monoisotopic (exact) mass is 303 g/mol. The Bertz CT molecular complexity index is 357. The number of benzene rings is 1. The first kappa shape index (κ1) is 14.2. The predicted octanol–water partition coefficient (Wildman–Crippen LogP) is 4.89. The Morgan fingerprint density at radius 2 is 2.00 bits per heavy atom. The topological polar surface area (TPSA) is 12.0 Å². The van der Waals surface area contributed by atoms with Gasteiger partial charge in [-0.25, -0.2) is 8.78 Å². The van der Waals surface area contributed by atoms with Crippen molar-refractivity contribution in [3.63, 3.8) is 0 Å². The van der Waals surface area contributed by atoms with Crippen LogP contribution in [-0.4, -0.2) is 6.54 Å². The fourth-order valence-electron chi connectivity index (χ4n) is 1.51. The SMILES string of the molecule is C=CCCCCCNc1c(F)cc(F)cc1Br. The van der Waals surface area contributed by atoms with Gasteiger partial charge in [-0.1, -0.05) is 12.5 Å². The highest BCUT2D eigenvalue weighted by molar-refractivity contribution is 9.10. The van der Waals surface area contributed by atoms with Crippen molar-refractivity contribution in [3.05, 3.63) is 40.9 Å². The molecule has 0 aliphatic heterocycles. The van der Waals surface area contributed by atoms with Gasteiger partial charge in [0.25, 0.3) is 0 Å². The zero-order chi connectivity index (χ0) is 12.7. The van der Waals surface area contributed by atoms with Gasteiger partial charge in [0.2, 0.25) is 0 Å².